The van der Waals surface area contributed by atoms with Crippen LogP contribution in [0.4, 0.5) is 0 Å². The highest BCUT2D eigenvalue weighted by molar-refractivity contribution is 7.10. The molecular weight excluding hydrogens is 386 g/mol. The van der Waals surface area contributed by atoms with E-state index in [2.05, 4.69) is 93.5 Å². The molecule has 0 saturated heterocycles. The Morgan fingerprint density at radius 1 is 1.20 bits per heavy atom. The molecule has 0 fully saturated rings. The lowest BCUT2D eigenvalue weighted by molar-refractivity contribution is 0.0644. The average molecular weight is 434 g/mol. The smallest absolute Gasteiger partial charge is 0.0933 e. The monoisotopic (exact) mass is 433 g/mol. The van der Waals surface area contributed by atoms with E-state index in [-0.39, 0.29) is 6.10 Å². The SMILES string of the molecule is C=C.C=CC(C)C(/C=C\C)=C\C=C/COC(CCN(C)C)c1cccs1.CC.CC. The molecular formula is C27H47NOS. The first-order valence-electron chi connectivity index (χ1n) is 11.0. The van der Waals surface area contributed by atoms with Crippen LogP contribution < -0.4 is 0 Å². The third-order valence-corrected chi connectivity index (χ3v) is 4.72. The Morgan fingerprint density at radius 3 is 2.30 bits per heavy atom. The number of thiophene rings is 1. The lowest BCUT2D eigenvalue weighted by Gasteiger charge is -2.18. The predicted molar refractivity (Wildman–Crippen MR) is 142 cm³/mol. The highest BCUT2D eigenvalue weighted by Crippen LogP contribution is 2.25. The largest absolute Gasteiger partial charge is 0.369 e. The molecule has 0 aliphatic heterocycles. The highest BCUT2D eigenvalue weighted by Gasteiger charge is 2.12. The van der Waals surface area contributed by atoms with Gasteiger partial charge in [0.1, 0.15) is 0 Å². The number of ether oxygens (including phenoxy) is 1. The van der Waals surface area contributed by atoms with Crippen LogP contribution in [-0.4, -0.2) is 32.1 Å². The molecule has 0 N–H and O–H groups in total. The van der Waals surface area contributed by atoms with Crippen molar-refractivity contribution in [1.82, 2.24) is 4.90 Å². The number of nitrogens with zero attached hydrogens (tertiary/aromatic N) is 1. The van der Waals surface area contributed by atoms with Crippen LogP contribution in [0.3, 0.4) is 0 Å². The summed E-state index contributed by atoms with van der Waals surface area (Å²) < 4.78 is 6.10. The van der Waals surface area contributed by atoms with Gasteiger partial charge in [-0.15, -0.1) is 31.1 Å². The molecule has 2 atom stereocenters. The second-order valence-corrected chi connectivity index (χ2v) is 7.03. The molecule has 0 aliphatic rings. The lowest BCUT2D eigenvalue weighted by atomic mass is 10.0. The maximum absolute atomic E-state index is 6.10. The van der Waals surface area contributed by atoms with Gasteiger partial charge >= 0.3 is 0 Å². The van der Waals surface area contributed by atoms with E-state index < -0.39 is 0 Å². The molecule has 1 rings (SSSR count). The van der Waals surface area contributed by atoms with E-state index in [0.717, 1.165) is 13.0 Å². The van der Waals surface area contributed by atoms with Crippen molar-refractivity contribution >= 4 is 11.3 Å². The number of rotatable bonds is 11. The van der Waals surface area contributed by atoms with Gasteiger partial charge in [0.2, 0.25) is 0 Å². The summed E-state index contributed by atoms with van der Waals surface area (Å²) in [4.78, 5) is 3.50. The first-order valence-corrected chi connectivity index (χ1v) is 11.9. The second kappa shape index (κ2) is 25.4. The van der Waals surface area contributed by atoms with Gasteiger partial charge in [-0.2, -0.15) is 0 Å². The first-order chi connectivity index (χ1) is 14.6. The highest BCUT2D eigenvalue weighted by atomic mass is 32.1. The van der Waals surface area contributed by atoms with Crippen LogP contribution in [0.15, 0.2) is 79.3 Å². The van der Waals surface area contributed by atoms with Gasteiger partial charge in [-0.25, -0.2) is 0 Å². The summed E-state index contributed by atoms with van der Waals surface area (Å²) in [5.74, 6) is 0.353. The lowest BCUT2D eigenvalue weighted by Crippen LogP contribution is -2.17. The summed E-state index contributed by atoms with van der Waals surface area (Å²) in [5, 5.41) is 2.11. The molecule has 2 nitrogen and oxygen atoms in total. The summed E-state index contributed by atoms with van der Waals surface area (Å²) in [6, 6.07) is 4.25. The average Bonchev–Trinajstić information content (AvgIpc) is 3.33. The Bertz CT molecular complexity index is 555. The fourth-order valence-electron chi connectivity index (χ4n) is 2.25. The zero-order valence-electron chi connectivity index (χ0n) is 20.9. The fraction of sp³-hybridized carbons (Fsp3) is 0.481. The van der Waals surface area contributed by atoms with Crippen LogP contribution in [0.2, 0.25) is 0 Å². The van der Waals surface area contributed by atoms with Crippen LogP contribution in [0.25, 0.3) is 0 Å². The van der Waals surface area contributed by atoms with Gasteiger partial charge in [0.05, 0.1) is 12.7 Å². The summed E-state index contributed by atoms with van der Waals surface area (Å²) in [5.41, 5.74) is 1.26. The molecule has 0 amide bonds. The standard InChI is InChI=1S/C21H31NOS.2C2H6.C2H4/c1-6-11-19(18(3)7-2)12-8-9-16-23-20(14-15-22(4)5)21-13-10-17-24-21;3*1-2/h6-13,17-18,20H,2,14-16H2,1,3-5H3;2*1-2H3;1-2H2/b9-8-,11-6-,19-12-;;;. The molecule has 3 heteroatoms. The van der Waals surface area contributed by atoms with Gasteiger partial charge < -0.3 is 9.64 Å². The van der Waals surface area contributed by atoms with Crippen LogP contribution in [0, 0.1) is 5.92 Å². The first kappa shape index (κ1) is 33.0. The van der Waals surface area contributed by atoms with Crippen molar-refractivity contribution in [3.63, 3.8) is 0 Å². The van der Waals surface area contributed by atoms with Crippen molar-refractivity contribution < 1.29 is 4.74 Å². The van der Waals surface area contributed by atoms with Crippen molar-refractivity contribution in [2.45, 2.75) is 54.1 Å². The third-order valence-electron chi connectivity index (χ3n) is 3.76. The predicted octanol–water partition coefficient (Wildman–Crippen LogP) is 8.49. The van der Waals surface area contributed by atoms with E-state index in [1.54, 1.807) is 11.3 Å². The normalized spacial score (nSPS) is 12.9. The molecule has 0 bridgehead atoms. The van der Waals surface area contributed by atoms with Crippen LogP contribution in [0.5, 0.6) is 0 Å². The van der Waals surface area contributed by atoms with Crippen molar-refractivity contribution in [1.29, 1.82) is 0 Å². The molecule has 0 radical (unpaired) electrons. The molecule has 0 saturated carbocycles. The van der Waals surface area contributed by atoms with Crippen molar-refractivity contribution in [2.24, 2.45) is 5.92 Å². The molecule has 0 spiro atoms. The van der Waals surface area contributed by atoms with Crippen LogP contribution in [0.1, 0.15) is 58.9 Å². The summed E-state index contributed by atoms with van der Waals surface area (Å²) in [6.07, 6.45) is 13.6. The van der Waals surface area contributed by atoms with E-state index in [1.807, 2.05) is 40.7 Å². The van der Waals surface area contributed by atoms with Gasteiger partial charge in [-0.3, -0.25) is 0 Å². The molecule has 172 valence electrons. The maximum atomic E-state index is 6.10. The van der Waals surface area contributed by atoms with Crippen LogP contribution in [-0.2, 0) is 4.74 Å². The maximum Gasteiger partial charge on any atom is 0.0933 e. The van der Waals surface area contributed by atoms with Gasteiger partial charge in [-0.05, 0) is 50.4 Å². The topological polar surface area (TPSA) is 12.5 Å². The van der Waals surface area contributed by atoms with E-state index >= 15 is 0 Å². The van der Waals surface area contributed by atoms with Gasteiger partial charge in [0, 0.05) is 11.4 Å². The Hall–Kier alpha value is -1.68. The van der Waals surface area contributed by atoms with Crippen molar-refractivity contribution in [2.75, 3.05) is 27.2 Å². The van der Waals surface area contributed by atoms with Crippen molar-refractivity contribution in [3.8, 4) is 0 Å². The molecule has 0 aromatic carbocycles. The van der Waals surface area contributed by atoms with Gasteiger partial charge in [0.25, 0.3) is 0 Å². The van der Waals surface area contributed by atoms with Crippen LogP contribution >= 0.6 is 11.3 Å². The van der Waals surface area contributed by atoms with E-state index in [9.17, 15) is 0 Å². The molecule has 1 aromatic rings. The minimum atomic E-state index is 0.170. The zero-order valence-corrected chi connectivity index (χ0v) is 21.7. The molecule has 0 aliphatic carbocycles. The minimum absolute atomic E-state index is 0.170. The number of hydrogen-bond donors (Lipinski definition) is 0. The third kappa shape index (κ3) is 17.2. The summed E-state index contributed by atoms with van der Waals surface area (Å²) in [6.45, 7) is 23.7. The van der Waals surface area contributed by atoms with E-state index in [4.69, 9.17) is 4.74 Å². The van der Waals surface area contributed by atoms with Gasteiger partial charge in [-0.1, -0.05) is 77.1 Å². The molecule has 1 heterocycles. The molecule has 2 unspecified atom stereocenters. The summed E-state index contributed by atoms with van der Waals surface area (Å²) >= 11 is 1.77. The Balaban J connectivity index is -0.00000111. The van der Waals surface area contributed by atoms with Crippen molar-refractivity contribution in [3.05, 3.63) is 84.2 Å². The zero-order chi connectivity index (χ0) is 23.8. The number of allylic oxidation sites excluding steroid dienone is 6. The number of hydrogen-bond acceptors (Lipinski definition) is 3. The second-order valence-electron chi connectivity index (χ2n) is 6.05. The fourth-order valence-corrected chi connectivity index (χ4v) is 3.06. The Kier molecular flexibility index (Phi) is 27.9. The Labute approximate surface area is 192 Å². The quantitative estimate of drug-likeness (QED) is 0.256. The van der Waals surface area contributed by atoms with Gasteiger partial charge in [0.15, 0.2) is 0 Å². The molecule has 30 heavy (non-hydrogen) atoms. The van der Waals surface area contributed by atoms with E-state index in [0.29, 0.717) is 12.5 Å². The van der Waals surface area contributed by atoms with E-state index in [1.165, 1.54) is 10.5 Å². The Morgan fingerprint density at radius 2 is 1.83 bits per heavy atom. The molecule has 1 aromatic heterocycles. The minimum Gasteiger partial charge on any atom is -0.369 e. The summed E-state index contributed by atoms with van der Waals surface area (Å²) in [7, 11) is 4.19.